The van der Waals surface area contributed by atoms with E-state index in [-0.39, 0.29) is 12.6 Å². The summed E-state index contributed by atoms with van der Waals surface area (Å²) in [6, 6.07) is 5.91. The van der Waals surface area contributed by atoms with Crippen molar-refractivity contribution in [3.05, 3.63) is 29.3 Å². The van der Waals surface area contributed by atoms with Gasteiger partial charge in [0.2, 0.25) is 0 Å². The van der Waals surface area contributed by atoms with Gasteiger partial charge in [0.1, 0.15) is 17.9 Å². The van der Waals surface area contributed by atoms with Crippen molar-refractivity contribution in [1.82, 2.24) is 5.32 Å². The summed E-state index contributed by atoms with van der Waals surface area (Å²) in [5.74, 6) is 0.519. The molecule has 1 atom stereocenters. The molecule has 1 rings (SSSR count). The van der Waals surface area contributed by atoms with Crippen LogP contribution in [0.1, 0.15) is 31.9 Å². The molecule has 0 bridgehead atoms. The van der Waals surface area contributed by atoms with E-state index in [0.29, 0.717) is 13.2 Å². The van der Waals surface area contributed by atoms with Crippen molar-refractivity contribution < 1.29 is 14.3 Å². The molecule has 0 radical (unpaired) electrons. The lowest BCUT2D eigenvalue weighted by Gasteiger charge is -2.28. The molecule has 1 N–H and O–H groups in total. The average Bonchev–Trinajstić information content (AvgIpc) is 2.41. The van der Waals surface area contributed by atoms with Gasteiger partial charge in [0, 0.05) is 0 Å². The van der Waals surface area contributed by atoms with Gasteiger partial charge < -0.3 is 9.47 Å². The highest BCUT2D eigenvalue weighted by atomic mass is 16.5. The number of hydrogen-bond acceptors (Lipinski definition) is 4. The number of carbonyl (C=O) groups excluding carboxylic acids is 1. The Balaban J connectivity index is 2.81. The lowest BCUT2D eigenvalue weighted by Crippen LogP contribution is -2.54. The standard InChI is InChI=1S/C16H25NO3/c1-6-17-16(5,15(18)19-7-2)11-20-14-10-8-9-12(3)13(14)4/h8-10,17H,6-7,11H2,1-5H3. The van der Waals surface area contributed by atoms with Crippen LogP contribution >= 0.6 is 0 Å². The summed E-state index contributed by atoms with van der Waals surface area (Å²) in [6.45, 7) is 10.9. The van der Waals surface area contributed by atoms with Gasteiger partial charge in [0.25, 0.3) is 0 Å². The van der Waals surface area contributed by atoms with E-state index >= 15 is 0 Å². The van der Waals surface area contributed by atoms with Crippen molar-refractivity contribution in [2.75, 3.05) is 19.8 Å². The first-order valence-corrected chi connectivity index (χ1v) is 7.06. The number of ether oxygens (including phenoxy) is 2. The predicted molar refractivity (Wildman–Crippen MR) is 80.1 cm³/mol. The lowest BCUT2D eigenvalue weighted by molar-refractivity contribution is -0.151. The van der Waals surface area contributed by atoms with Crippen molar-refractivity contribution in [3.8, 4) is 5.75 Å². The van der Waals surface area contributed by atoms with Gasteiger partial charge in [-0.05, 0) is 51.4 Å². The second kappa shape index (κ2) is 7.29. The smallest absolute Gasteiger partial charge is 0.329 e. The van der Waals surface area contributed by atoms with Crippen molar-refractivity contribution in [3.63, 3.8) is 0 Å². The molecule has 1 aromatic carbocycles. The lowest BCUT2D eigenvalue weighted by atomic mass is 10.0. The largest absolute Gasteiger partial charge is 0.491 e. The third-order valence-corrected chi connectivity index (χ3v) is 3.36. The Morgan fingerprint density at radius 3 is 2.60 bits per heavy atom. The van der Waals surface area contributed by atoms with E-state index in [4.69, 9.17) is 9.47 Å². The maximum atomic E-state index is 12.1. The third-order valence-electron chi connectivity index (χ3n) is 3.36. The van der Waals surface area contributed by atoms with Gasteiger partial charge in [0.15, 0.2) is 0 Å². The minimum absolute atomic E-state index is 0.240. The third kappa shape index (κ3) is 3.97. The minimum Gasteiger partial charge on any atom is -0.491 e. The number of esters is 1. The van der Waals surface area contributed by atoms with Gasteiger partial charge in [-0.3, -0.25) is 5.32 Å². The summed E-state index contributed by atoms with van der Waals surface area (Å²) < 4.78 is 11.0. The number of nitrogens with one attached hydrogen (secondary N) is 1. The van der Waals surface area contributed by atoms with Crippen LogP contribution in [0.5, 0.6) is 5.75 Å². The topological polar surface area (TPSA) is 47.6 Å². The van der Waals surface area contributed by atoms with Gasteiger partial charge in [-0.15, -0.1) is 0 Å². The second-order valence-electron chi connectivity index (χ2n) is 5.07. The first kappa shape index (κ1) is 16.5. The Labute approximate surface area is 121 Å². The Morgan fingerprint density at radius 1 is 1.30 bits per heavy atom. The van der Waals surface area contributed by atoms with Crippen LogP contribution in [0.25, 0.3) is 0 Å². The maximum Gasteiger partial charge on any atom is 0.329 e. The van der Waals surface area contributed by atoms with Crippen molar-refractivity contribution >= 4 is 5.97 Å². The maximum absolute atomic E-state index is 12.1. The van der Waals surface area contributed by atoms with Crippen LogP contribution in [0.4, 0.5) is 0 Å². The van der Waals surface area contributed by atoms with Gasteiger partial charge in [0.05, 0.1) is 6.61 Å². The van der Waals surface area contributed by atoms with Crippen LogP contribution in [-0.2, 0) is 9.53 Å². The fourth-order valence-electron chi connectivity index (χ4n) is 1.97. The molecule has 0 saturated heterocycles. The summed E-state index contributed by atoms with van der Waals surface area (Å²) in [5.41, 5.74) is 1.43. The monoisotopic (exact) mass is 279 g/mol. The van der Waals surface area contributed by atoms with Crippen molar-refractivity contribution in [2.45, 2.75) is 40.2 Å². The average molecular weight is 279 g/mol. The molecule has 4 heteroatoms. The zero-order valence-electron chi connectivity index (χ0n) is 13.1. The zero-order chi connectivity index (χ0) is 15.2. The molecule has 0 fully saturated rings. The van der Waals surface area contributed by atoms with E-state index in [2.05, 4.69) is 5.32 Å². The molecule has 0 saturated carbocycles. The molecular weight excluding hydrogens is 254 g/mol. The van der Waals surface area contributed by atoms with Gasteiger partial charge in [-0.2, -0.15) is 0 Å². The Kier molecular flexibility index (Phi) is 6.02. The van der Waals surface area contributed by atoms with Crippen molar-refractivity contribution in [1.29, 1.82) is 0 Å². The van der Waals surface area contributed by atoms with E-state index in [9.17, 15) is 4.79 Å². The number of benzene rings is 1. The summed E-state index contributed by atoms with van der Waals surface area (Å²) in [6.07, 6.45) is 0. The number of aryl methyl sites for hydroxylation is 1. The van der Waals surface area contributed by atoms with E-state index < -0.39 is 5.54 Å². The molecule has 20 heavy (non-hydrogen) atoms. The molecule has 0 amide bonds. The summed E-state index contributed by atoms with van der Waals surface area (Å²) in [7, 11) is 0. The molecule has 0 heterocycles. The summed E-state index contributed by atoms with van der Waals surface area (Å²) in [5, 5.41) is 3.15. The first-order chi connectivity index (χ1) is 9.44. The van der Waals surface area contributed by atoms with Gasteiger partial charge >= 0.3 is 5.97 Å². The van der Waals surface area contributed by atoms with Crippen LogP contribution in [0.15, 0.2) is 18.2 Å². The van der Waals surface area contributed by atoms with Crippen LogP contribution in [0.3, 0.4) is 0 Å². The molecule has 0 spiro atoms. The van der Waals surface area contributed by atoms with Crippen LogP contribution in [0, 0.1) is 13.8 Å². The molecule has 0 aliphatic carbocycles. The van der Waals surface area contributed by atoms with Crippen LogP contribution in [0.2, 0.25) is 0 Å². The Hall–Kier alpha value is -1.55. The molecule has 0 aliphatic heterocycles. The SMILES string of the molecule is CCNC(C)(COc1cccc(C)c1C)C(=O)OCC. The summed E-state index contributed by atoms with van der Waals surface area (Å²) in [4.78, 5) is 12.1. The highest BCUT2D eigenvalue weighted by Gasteiger charge is 2.35. The Morgan fingerprint density at radius 2 is 2.00 bits per heavy atom. The van der Waals surface area contributed by atoms with Gasteiger partial charge in [-0.25, -0.2) is 4.79 Å². The molecule has 112 valence electrons. The van der Waals surface area contributed by atoms with E-state index in [1.54, 1.807) is 13.8 Å². The van der Waals surface area contributed by atoms with E-state index in [1.165, 1.54) is 5.56 Å². The normalized spacial score (nSPS) is 13.7. The molecule has 0 aliphatic rings. The number of carbonyl (C=O) groups is 1. The molecular formula is C16H25NO3. The highest BCUT2D eigenvalue weighted by molar-refractivity contribution is 5.80. The minimum atomic E-state index is -0.832. The predicted octanol–water partition coefficient (Wildman–Crippen LogP) is 2.61. The van der Waals surface area contributed by atoms with Crippen LogP contribution in [-0.4, -0.2) is 31.3 Å². The van der Waals surface area contributed by atoms with Gasteiger partial charge in [-0.1, -0.05) is 19.1 Å². The second-order valence-corrected chi connectivity index (χ2v) is 5.07. The fraction of sp³-hybridized carbons (Fsp3) is 0.562. The van der Waals surface area contributed by atoms with E-state index in [0.717, 1.165) is 11.3 Å². The summed E-state index contributed by atoms with van der Waals surface area (Å²) >= 11 is 0. The number of hydrogen-bond donors (Lipinski definition) is 1. The fourth-order valence-corrected chi connectivity index (χ4v) is 1.97. The first-order valence-electron chi connectivity index (χ1n) is 7.06. The number of likely N-dealkylation sites (N-methyl/N-ethyl adjacent to an activating group) is 1. The quantitative estimate of drug-likeness (QED) is 0.779. The molecule has 1 unspecified atom stereocenters. The van der Waals surface area contributed by atoms with Crippen molar-refractivity contribution in [2.24, 2.45) is 0 Å². The molecule has 1 aromatic rings. The van der Waals surface area contributed by atoms with Crippen LogP contribution < -0.4 is 10.1 Å². The number of rotatable bonds is 7. The molecule has 4 nitrogen and oxygen atoms in total. The molecule has 0 aromatic heterocycles. The highest BCUT2D eigenvalue weighted by Crippen LogP contribution is 2.22. The Bertz CT molecular complexity index is 459. The van der Waals surface area contributed by atoms with E-state index in [1.807, 2.05) is 39.0 Å². The zero-order valence-corrected chi connectivity index (χ0v) is 13.1.